The van der Waals surface area contributed by atoms with Gasteiger partial charge in [0.1, 0.15) is 5.75 Å². The quantitative estimate of drug-likeness (QED) is 0.708. The molecular weight excluding hydrogens is 325 g/mol. The molecule has 0 aliphatic rings. The summed E-state index contributed by atoms with van der Waals surface area (Å²) in [5.74, 6) is 0.901. The molecule has 0 bridgehead atoms. The Balaban J connectivity index is 2.21. The van der Waals surface area contributed by atoms with E-state index in [2.05, 4.69) is 25.2 Å². The summed E-state index contributed by atoms with van der Waals surface area (Å²) in [6, 6.07) is 10.3. The van der Waals surface area contributed by atoms with Crippen LogP contribution in [-0.2, 0) is 0 Å². The lowest BCUT2D eigenvalue weighted by Gasteiger charge is -2.24. The summed E-state index contributed by atoms with van der Waals surface area (Å²) in [4.78, 5) is 0. The van der Waals surface area contributed by atoms with E-state index in [4.69, 9.17) is 27.9 Å². The van der Waals surface area contributed by atoms with Gasteiger partial charge in [-0.25, -0.2) is 0 Å². The second-order valence-corrected chi connectivity index (χ2v) is 7.16. The van der Waals surface area contributed by atoms with Crippen molar-refractivity contribution >= 4 is 34.5 Å². The fraction of sp³-hybridized carbons (Fsp3) is 0.375. The second-order valence-electron chi connectivity index (χ2n) is 4.87. The monoisotopic (exact) mass is 343 g/mol. The van der Waals surface area contributed by atoms with E-state index in [1.807, 2.05) is 24.3 Å². The molecule has 1 heterocycles. The number of ether oxygens (including phenoxy) is 1. The number of rotatable bonds is 6. The number of hydrogen-bond donors (Lipinski definition) is 1. The van der Waals surface area contributed by atoms with Crippen LogP contribution in [0.15, 0.2) is 30.3 Å². The SMILES string of the molecule is CCC(NC(C)c1cc(Cl)sc1Cl)c1ccccc1OC. The van der Waals surface area contributed by atoms with Gasteiger partial charge >= 0.3 is 0 Å². The molecule has 2 rings (SSSR count). The Morgan fingerprint density at radius 1 is 1.24 bits per heavy atom. The Bertz CT molecular complexity index is 600. The van der Waals surface area contributed by atoms with Gasteiger partial charge < -0.3 is 10.1 Å². The molecule has 1 N–H and O–H groups in total. The molecule has 0 amide bonds. The fourth-order valence-electron chi connectivity index (χ4n) is 2.42. The zero-order valence-electron chi connectivity index (χ0n) is 12.3. The maximum atomic E-state index is 6.24. The van der Waals surface area contributed by atoms with Crippen molar-refractivity contribution in [1.29, 1.82) is 0 Å². The molecule has 0 fully saturated rings. The lowest BCUT2D eigenvalue weighted by molar-refractivity contribution is 0.388. The van der Waals surface area contributed by atoms with E-state index in [0.717, 1.165) is 27.6 Å². The molecule has 21 heavy (non-hydrogen) atoms. The highest BCUT2D eigenvalue weighted by Crippen LogP contribution is 2.36. The number of nitrogens with one attached hydrogen (secondary N) is 1. The molecule has 5 heteroatoms. The van der Waals surface area contributed by atoms with Crippen molar-refractivity contribution in [3.8, 4) is 5.75 Å². The Kier molecular flexibility index (Phi) is 5.94. The average molecular weight is 344 g/mol. The van der Waals surface area contributed by atoms with E-state index < -0.39 is 0 Å². The zero-order valence-corrected chi connectivity index (χ0v) is 14.6. The van der Waals surface area contributed by atoms with Gasteiger partial charge in [-0.2, -0.15) is 0 Å². The van der Waals surface area contributed by atoms with Gasteiger partial charge in [-0.3, -0.25) is 0 Å². The second kappa shape index (κ2) is 7.50. The number of hydrogen-bond acceptors (Lipinski definition) is 3. The number of methoxy groups -OCH3 is 1. The van der Waals surface area contributed by atoms with Crippen LogP contribution in [0.3, 0.4) is 0 Å². The first-order valence-electron chi connectivity index (χ1n) is 6.90. The summed E-state index contributed by atoms with van der Waals surface area (Å²) in [5.41, 5.74) is 2.20. The number of thiophene rings is 1. The van der Waals surface area contributed by atoms with Gasteiger partial charge in [0.15, 0.2) is 0 Å². The Morgan fingerprint density at radius 3 is 2.52 bits per heavy atom. The summed E-state index contributed by atoms with van der Waals surface area (Å²) in [6.07, 6.45) is 0.959. The van der Waals surface area contributed by atoms with Crippen LogP contribution >= 0.6 is 34.5 Å². The Hall–Kier alpha value is -0.740. The van der Waals surface area contributed by atoms with Crippen LogP contribution in [-0.4, -0.2) is 7.11 Å². The Morgan fingerprint density at radius 2 is 1.95 bits per heavy atom. The fourth-order valence-corrected chi connectivity index (χ4v) is 4.07. The van der Waals surface area contributed by atoms with Crippen molar-refractivity contribution in [2.45, 2.75) is 32.4 Å². The maximum Gasteiger partial charge on any atom is 0.123 e. The first kappa shape index (κ1) is 16.6. The van der Waals surface area contributed by atoms with E-state index in [1.54, 1.807) is 7.11 Å². The first-order chi connectivity index (χ1) is 10.1. The van der Waals surface area contributed by atoms with E-state index >= 15 is 0 Å². The van der Waals surface area contributed by atoms with E-state index in [0.29, 0.717) is 4.34 Å². The molecule has 0 saturated heterocycles. The molecule has 2 nitrogen and oxygen atoms in total. The normalized spacial score (nSPS) is 14.0. The summed E-state index contributed by atoms with van der Waals surface area (Å²) in [5, 5.41) is 3.61. The van der Waals surface area contributed by atoms with Crippen molar-refractivity contribution in [1.82, 2.24) is 5.32 Å². The molecule has 0 spiro atoms. The van der Waals surface area contributed by atoms with Crippen molar-refractivity contribution < 1.29 is 4.74 Å². The topological polar surface area (TPSA) is 21.3 Å². The third-order valence-electron chi connectivity index (χ3n) is 3.52. The van der Waals surface area contributed by atoms with Crippen LogP contribution in [0.1, 0.15) is 43.5 Å². The highest BCUT2D eigenvalue weighted by atomic mass is 35.5. The smallest absolute Gasteiger partial charge is 0.123 e. The summed E-state index contributed by atoms with van der Waals surface area (Å²) in [6.45, 7) is 4.25. The minimum absolute atomic E-state index is 0.121. The highest BCUT2D eigenvalue weighted by molar-refractivity contribution is 7.20. The van der Waals surface area contributed by atoms with Crippen molar-refractivity contribution in [2.24, 2.45) is 0 Å². The molecule has 0 saturated carbocycles. The molecule has 0 aliphatic heterocycles. The number of para-hydroxylation sites is 1. The van der Waals surface area contributed by atoms with E-state index in [9.17, 15) is 0 Å². The maximum absolute atomic E-state index is 6.24. The summed E-state index contributed by atoms with van der Waals surface area (Å²) >= 11 is 13.7. The molecule has 2 unspecified atom stereocenters. The van der Waals surface area contributed by atoms with Gasteiger partial charge in [-0.15, -0.1) is 11.3 Å². The third kappa shape index (κ3) is 3.92. The van der Waals surface area contributed by atoms with Gasteiger partial charge in [0.05, 0.1) is 15.8 Å². The predicted molar refractivity (Wildman–Crippen MR) is 91.9 cm³/mol. The minimum atomic E-state index is 0.121. The predicted octanol–water partition coefficient (Wildman–Crippen LogP) is 5.87. The van der Waals surface area contributed by atoms with Gasteiger partial charge in [-0.1, -0.05) is 48.3 Å². The Labute approximate surface area is 140 Å². The van der Waals surface area contributed by atoms with Crippen LogP contribution in [0.5, 0.6) is 5.75 Å². The molecule has 1 aromatic carbocycles. The lowest BCUT2D eigenvalue weighted by atomic mass is 10.0. The first-order valence-corrected chi connectivity index (χ1v) is 8.47. The van der Waals surface area contributed by atoms with Crippen LogP contribution in [0.2, 0.25) is 8.67 Å². The lowest BCUT2D eigenvalue weighted by Crippen LogP contribution is -2.24. The minimum Gasteiger partial charge on any atom is -0.496 e. The molecule has 0 aliphatic carbocycles. The van der Waals surface area contributed by atoms with Crippen molar-refractivity contribution in [3.05, 3.63) is 50.1 Å². The number of halogens is 2. The average Bonchev–Trinajstić information content (AvgIpc) is 2.83. The standard InChI is InChI=1S/C16H19Cl2NOS/c1-4-13(11-7-5-6-8-14(11)20-3)19-10(2)12-9-15(17)21-16(12)18/h5-10,13,19H,4H2,1-3H3. The third-order valence-corrected chi connectivity index (χ3v) is 5.04. The van der Waals surface area contributed by atoms with Gasteiger partial charge in [-0.05, 0) is 31.0 Å². The number of benzene rings is 1. The van der Waals surface area contributed by atoms with Crippen LogP contribution in [0, 0.1) is 0 Å². The zero-order chi connectivity index (χ0) is 15.4. The summed E-state index contributed by atoms with van der Waals surface area (Å²) in [7, 11) is 1.70. The highest BCUT2D eigenvalue weighted by Gasteiger charge is 2.19. The van der Waals surface area contributed by atoms with E-state index in [-0.39, 0.29) is 12.1 Å². The van der Waals surface area contributed by atoms with Crippen LogP contribution in [0.4, 0.5) is 0 Å². The van der Waals surface area contributed by atoms with Gasteiger partial charge in [0, 0.05) is 17.6 Å². The van der Waals surface area contributed by atoms with Crippen LogP contribution in [0.25, 0.3) is 0 Å². The molecule has 1 aromatic heterocycles. The molecular formula is C16H19Cl2NOS. The molecule has 2 atom stereocenters. The van der Waals surface area contributed by atoms with Crippen molar-refractivity contribution in [2.75, 3.05) is 7.11 Å². The molecule has 2 aromatic rings. The molecule has 0 radical (unpaired) electrons. The summed E-state index contributed by atoms with van der Waals surface area (Å²) < 4.78 is 6.92. The molecule has 114 valence electrons. The van der Waals surface area contributed by atoms with Crippen LogP contribution < -0.4 is 10.1 Å². The van der Waals surface area contributed by atoms with Gasteiger partial charge in [0.25, 0.3) is 0 Å². The van der Waals surface area contributed by atoms with E-state index in [1.165, 1.54) is 11.3 Å². The largest absolute Gasteiger partial charge is 0.496 e. The van der Waals surface area contributed by atoms with Gasteiger partial charge in [0.2, 0.25) is 0 Å². The van der Waals surface area contributed by atoms with Crippen molar-refractivity contribution in [3.63, 3.8) is 0 Å².